The van der Waals surface area contributed by atoms with Crippen LogP contribution in [0, 0.1) is 5.92 Å². The number of likely N-dealkylation sites (tertiary alicyclic amines) is 1. The lowest BCUT2D eigenvalue weighted by Crippen LogP contribution is -2.38. The lowest BCUT2D eigenvalue weighted by molar-refractivity contribution is -0.173. The molecule has 5 nitrogen and oxygen atoms in total. The molecule has 2 aliphatic heterocycles. The second kappa shape index (κ2) is 7.96. The fourth-order valence-electron chi connectivity index (χ4n) is 4.00. The summed E-state index contributed by atoms with van der Waals surface area (Å²) in [5, 5.41) is 7.48. The summed E-state index contributed by atoms with van der Waals surface area (Å²) in [5.74, 6) is 0.0922. The van der Waals surface area contributed by atoms with E-state index < -0.39 is 24.2 Å². The number of aromatic nitrogens is 2. The molecule has 1 aromatic heterocycles. The van der Waals surface area contributed by atoms with Gasteiger partial charge in [0, 0.05) is 24.5 Å². The van der Waals surface area contributed by atoms with Crippen LogP contribution in [0.25, 0.3) is 0 Å². The summed E-state index contributed by atoms with van der Waals surface area (Å²) < 4.78 is 42.4. The van der Waals surface area contributed by atoms with Crippen molar-refractivity contribution in [3.8, 4) is 0 Å². The Hall–Kier alpha value is -1.93. The van der Waals surface area contributed by atoms with Gasteiger partial charge in [-0.05, 0) is 36.5 Å². The third-order valence-corrected chi connectivity index (χ3v) is 6.45. The first-order valence-electron chi connectivity index (χ1n) is 9.81. The van der Waals surface area contributed by atoms with Crippen LogP contribution in [0.2, 0.25) is 10.0 Å². The van der Waals surface area contributed by atoms with Crippen molar-refractivity contribution in [2.24, 2.45) is 5.92 Å². The fourth-order valence-corrected chi connectivity index (χ4v) is 4.39. The van der Waals surface area contributed by atoms with Crippen LogP contribution in [-0.4, -0.2) is 39.9 Å². The van der Waals surface area contributed by atoms with Crippen molar-refractivity contribution in [1.29, 1.82) is 0 Å². The second-order valence-corrected chi connectivity index (χ2v) is 8.79. The maximum Gasteiger partial charge on any atom is 0.410 e. The van der Waals surface area contributed by atoms with Crippen molar-refractivity contribution in [3.63, 3.8) is 0 Å². The summed E-state index contributed by atoms with van der Waals surface area (Å²) >= 11 is 12.3. The minimum Gasteiger partial charge on any atom is -0.362 e. The minimum atomic E-state index is -4.54. The number of nitrogens with one attached hydrogen (secondary N) is 1. The molecule has 0 radical (unpaired) electrons. The third kappa shape index (κ3) is 3.99. The van der Waals surface area contributed by atoms with Crippen LogP contribution in [0.4, 0.5) is 19.0 Å². The number of amides is 1. The summed E-state index contributed by atoms with van der Waals surface area (Å²) in [5.41, 5.74) is 0.509. The maximum absolute atomic E-state index is 13.9. The highest BCUT2D eigenvalue weighted by molar-refractivity contribution is 6.36. The summed E-state index contributed by atoms with van der Waals surface area (Å²) in [6.45, 7) is 3.20. The molecule has 1 aromatic carbocycles. The molecule has 0 aliphatic carbocycles. The van der Waals surface area contributed by atoms with Crippen molar-refractivity contribution in [3.05, 3.63) is 45.6 Å². The molecule has 30 heavy (non-hydrogen) atoms. The Bertz CT molecular complexity index is 937. The number of carbonyl (C=O) groups excluding carboxylic acids is 1. The zero-order valence-corrected chi connectivity index (χ0v) is 17.7. The SMILES string of the molecule is CC1CCN(C(=O)c2nn3c(c2Cl)NC(c2ccc(Cl)cc2)CC3C(F)(F)F)CC1. The Labute approximate surface area is 182 Å². The van der Waals surface area contributed by atoms with Gasteiger partial charge in [-0.3, -0.25) is 4.79 Å². The number of halogens is 5. The molecule has 1 amide bonds. The van der Waals surface area contributed by atoms with Gasteiger partial charge in [-0.2, -0.15) is 18.3 Å². The first kappa shape index (κ1) is 21.3. The molecule has 0 spiro atoms. The quantitative estimate of drug-likeness (QED) is 0.622. The van der Waals surface area contributed by atoms with E-state index in [2.05, 4.69) is 17.3 Å². The van der Waals surface area contributed by atoms with Gasteiger partial charge in [-0.15, -0.1) is 0 Å². The van der Waals surface area contributed by atoms with Gasteiger partial charge in [0.15, 0.2) is 11.7 Å². The fraction of sp³-hybridized carbons (Fsp3) is 0.500. The van der Waals surface area contributed by atoms with E-state index in [0.29, 0.717) is 29.6 Å². The van der Waals surface area contributed by atoms with E-state index in [0.717, 1.165) is 17.5 Å². The largest absolute Gasteiger partial charge is 0.410 e. The van der Waals surface area contributed by atoms with E-state index >= 15 is 0 Å². The van der Waals surface area contributed by atoms with Gasteiger partial charge in [0.25, 0.3) is 5.91 Å². The molecule has 4 rings (SSSR count). The summed E-state index contributed by atoms with van der Waals surface area (Å²) in [6.07, 6.45) is -3.12. The summed E-state index contributed by atoms with van der Waals surface area (Å²) in [7, 11) is 0. The van der Waals surface area contributed by atoms with Crippen LogP contribution in [-0.2, 0) is 0 Å². The van der Waals surface area contributed by atoms with Gasteiger partial charge in [0.1, 0.15) is 10.8 Å². The number of alkyl halides is 3. The lowest BCUT2D eigenvalue weighted by Gasteiger charge is -2.33. The van der Waals surface area contributed by atoms with E-state index in [1.54, 1.807) is 29.2 Å². The van der Waals surface area contributed by atoms with E-state index in [4.69, 9.17) is 23.2 Å². The van der Waals surface area contributed by atoms with Crippen LogP contribution in [0.15, 0.2) is 24.3 Å². The first-order valence-corrected chi connectivity index (χ1v) is 10.6. The molecular formula is C20H21Cl2F3N4O. The van der Waals surface area contributed by atoms with Crippen LogP contribution >= 0.6 is 23.2 Å². The number of rotatable bonds is 2. The zero-order valence-electron chi connectivity index (χ0n) is 16.2. The van der Waals surface area contributed by atoms with Crippen LogP contribution in [0.1, 0.15) is 54.3 Å². The smallest absolute Gasteiger partial charge is 0.362 e. The predicted octanol–water partition coefficient (Wildman–Crippen LogP) is 5.72. The lowest BCUT2D eigenvalue weighted by atomic mass is 9.97. The number of hydrogen-bond donors (Lipinski definition) is 1. The topological polar surface area (TPSA) is 50.2 Å². The molecule has 1 saturated heterocycles. The Kier molecular flexibility index (Phi) is 5.66. The van der Waals surface area contributed by atoms with Crippen molar-refractivity contribution in [1.82, 2.24) is 14.7 Å². The van der Waals surface area contributed by atoms with Crippen molar-refractivity contribution in [2.75, 3.05) is 18.4 Å². The molecule has 10 heteroatoms. The molecule has 2 aromatic rings. The number of hydrogen-bond acceptors (Lipinski definition) is 3. The Morgan fingerprint density at radius 1 is 1.17 bits per heavy atom. The molecule has 2 atom stereocenters. The van der Waals surface area contributed by atoms with Gasteiger partial charge >= 0.3 is 6.18 Å². The number of anilines is 1. The Morgan fingerprint density at radius 3 is 2.40 bits per heavy atom. The number of carbonyl (C=O) groups is 1. The second-order valence-electron chi connectivity index (χ2n) is 7.97. The highest BCUT2D eigenvalue weighted by atomic mass is 35.5. The Balaban J connectivity index is 1.69. The molecule has 2 aliphatic rings. The van der Waals surface area contributed by atoms with Crippen molar-refractivity contribution in [2.45, 2.75) is 44.4 Å². The molecule has 0 saturated carbocycles. The average molecular weight is 461 g/mol. The standard InChI is InChI=1S/C20H21Cl2F3N4O/c1-11-6-8-28(9-7-11)19(30)17-16(22)18-26-14(12-2-4-13(21)5-3-12)10-15(20(23,24)25)29(18)27-17/h2-5,11,14-15,26H,6-10H2,1H3. The molecular weight excluding hydrogens is 440 g/mol. The molecule has 0 bridgehead atoms. The zero-order chi connectivity index (χ0) is 21.6. The molecule has 1 N–H and O–H groups in total. The molecule has 162 valence electrons. The van der Waals surface area contributed by atoms with Crippen molar-refractivity contribution < 1.29 is 18.0 Å². The van der Waals surface area contributed by atoms with E-state index in [-0.39, 0.29) is 23.0 Å². The average Bonchev–Trinajstić information content (AvgIpc) is 3.04. The van der Waals surface area contributed by atoms with Gasteiger partial charge in [-0.25, -0.2) is 4.68 Å². The third-order valence-electron chi connectivity index (χ3n) is 5.84. The van der Waals surface area contributed by atoms with Crippen LogP contribution < -0.4 is 5.32 Å². The van der Waals surface area contributed by atoms with Gasteiger partial charge in [-0.1, -0.05) is 42.3 Å². The highest BCUT2D eigenvalue weighted by Gasteiger charge is 2.48. The van der Waals surface area contributed by atoms with Gasteiger partial charge in [0.2, 0.25) is 0 Å². The van der Waals surface area contributed by atoms with Gasteiger partial charge in [0.05, 0.1) is 6.04 Å². The predicted molar refractivity (Wildman–Crippen MR) is 109 cm³/mol. The monoisotopic (exact) mass is 460 g/mol. The number of fused-ring (bicyclic) bond motifs is 1. The Morgan fingerprint density at radius 2 is 1.80 bits per heavy atom. The van der Waals surface area contributed by atoms with Crippen LogP contribution in [0.5, 0.6) is 0 Å². The van der Waals surface area contributed by atoms with E-state index in [1.165, 1.54) is 0 Å². The molecule has 1 fully saturated rings. The molecule has 2 unspecified atom stereocenters. The normalized spacial score (nSPS) is 22.5. The number of nitrogens with zero attached hydrogens (tertiary/aromatic N) is 3. The summed E-state index contributed by atoms with van der Waals surface area (Å²) in [4.78, 5) is 14.5. The number of benzene rings is 1. The van der Waals surface area contributed by atoms with Gasteiger partial charge < -0.3 is 10.2 Å². The van der Waals surface area contributed by atoms with Crippen molar-refractivity contribution >= 4 is 34.9 Å². The number of piperidine rings is 1. The van der Waals surface area contributed by atoms with Crippen LogP contribution in [0.3, 0.4) is 0 Å². The maximum atomic E-state index is 13.9. The minimum absolute atomic E-state index is 0.0129. The first-order chi connectivity index (χ1) is 14.1. The highest BCUT2D eigenvalue weighted by Crippen LogP contribution is 2.46. The van der Waals surface area contributed by atoms with E-state index in [9.17, 15) is 18.0 Å². The summed E-state index contributed by atoms with van der Waals surface area (Å²) in [6, 6.07) is 4.06. The molecule has 3 heterocycles. The van der Waals surface area contributed by atoms with E-state index in [1.807, 2.05) is 0 Å².